The van der Waals surface area contributed by atoms with Crippen LogP contribution in [0.25, 0.3) is 0 Å². The molecule has 1 aliphatic heterocycles. The van der Waals surface area contributed by atoms with Crippen molar-refractivity contribution < 1.29 is 4.79 Å². The van der Waals surface area contributed by atoms with Crippen LogP contribution in [0.3, 0.4) is 0 Å². The fraction of sp³-hybridized carbons (Fsp3) is 0.917. The maximum Gasteiger partial charge on any atom is 0.251 e. The van der Waals surface area contributed by atoms with E-state index in [-0.39, 0.29) is 11.9 Å². The number of nitrogens with one attached hydrogen (secondary N) is 1. The van der Waals surface area contributed by atoms with Gasteiger partial charge >= 0.3 is 0 Å². The molecule has 1 saturated heterocycles. The summed E-state index contributed by atoms with van der Waals surface area (Å²) in [5, 5.41) is 0. The second kappa shape index (κ2) is 6.21. The van der Waals surface area contributed by atoms with Crippen molar-refractivity contribution in [1.82, 2.24) is 10.3 Å². The van der Waals surface area contributed by atoms with Gasteiger partial charge in [-0.25, -0.2) is 5.84 Å². The fourth-order valence-electron chi connectivity index (χ4n) is 2.81. The van der Waals surface area contributed by atoms with E-state index in [1.54, 1.807) is 0 Å². The van der Waals surface area contributed by atoms with Gasteiger partial charge in [-0.1, -0.05) is 27.2 Å². The highest BCUT2D eigenvalue weighted by atomic mass is 16.2. The molecule has 1 amide bonds. The van der Waals surface area contributed by atoms with Crippen molar-refractivity contribution in [1.29, 1.82) is 0 Å². The largest absolute Gasteiger partial charge is 0.293 e. The van der Waals surface area contributed by atoms with Crippen LogP contribution in [-0.2, 0) is 4.79 Å². The lowest BCUT2D eigenvalue weighted by atomic mass is 9.90. The predicted molar refractivity (Wildman–Crippen MR) is 65.5 cm³/mol. The first kappa shape index (κ1) is 13.5. The molecule has 94 valence electrons. The standard InChI is InChI=1S/C12H25N3O/c1-4-5-11(12(16)14-13)15-7-9(2)6-10(3)8-15/h9-11H,4-8,13H2,1-3H3,(H,14,16)/t9-,10-,11-/m1/s1. The van der Waals surface area contributed by atoms with Gasteiger partial charge in [-0.3, -0.25) is 15.1 Å². The Hall–Kier alpha value is -0.610. The van der Waals surface area contributed by atoms with Gasteiger partial charge in [0.15, 0.2) is 0 Å². The Labute approximate surface area is 98.5 Å². The zero-order valence-electron chi connectivity index (χ0n) is 10.7. The molecule has 3 N–H and O–H groups in total. The van der Waals surface area contributed by atoms with Crippen LogP contribution in [0.15, 0.2) is 0 Å². The molecule has 3 atom stereocenters. The van der Waals surface area contributed by atoms with Crippen LogP contribution in [0.1, 0.15) is 40.0 Å². The normalized spacial score (nSPS) is 28.8. The van der Waals surface area contributed by atoms with Crippen molar-refractivity contribution in [3.05, 3.63) is 0 Å². The monoisotopic (exact) mass is 227 g/mol. The highest BCUT2D eigenvalue weighted by molar-refractivity contribution is 5.81. The van der Waals surface area contributed by atoms with Crippen molar-refractivity contribution >= 4 is 5.91 Å². The average Bonchev–Trinajstić information content (AvgIpc) is 2.23. The first-order chi connectivity index (χ1) is 7.58. The first-order valence-corrected chi connectivity index (χ1v) is 6.33. The lowest BCUT2D eigenvalue weighted by Crippen LogP contribution is -2.53. The number of carbonyl (C=O) groups excluding carboxylic acids is 1. The minimum absolute atomic E-state index is 0.0387. The number of nitrogens with zero attached hydrogens (tertiary/aromatic N) is 1. The molecule has 0 aromatic heterocycles. The molecule has 0 radical (unpaired) electrons. The number of amides is 1. The number of nitrogens with two attached hydrogens (primary N) is 1. The summed E-state index contributed by atoms with van der Waals surface area (Å²) in [6.45, 7) is 8.65. The van der Waals surface area contributed by atoms with Crippen molar-refractivity contribution in [2.45, 2.75) is 46.1 Å². The molecule has 1 heterocycles. The SMILES string of the molecule is CCC[C@H](C(=O)NN)N1C[C@H](C)C[C@@H](C)C1. The van der Waals surface area contributed by atoms with E-state index in [9.17, 15) is 4.79 Å². The minimum Gasteiger partial charge on any atom is -0.293 e. The smallest absolute Gasteiger partial charge is 0.251 e. The maximum atomic E-state index is 11.7. The lowest BCUT2D eigenvalue weighted by Gasteiger charge is -2.39. The Morgan fingerprint density at radius 2 is 2.00 bits per heavy atom. The summed E-state index contributed by atoms with van der Waals surface area (Å²) < 4.78 is 0. The van der Waals surface area contributed by atoms with Gasteiger partial charge in [0, 0.05) is 13.1 Å². The Bertz CT molecular complexity index is 222. The van der Waals surface area contributed by atoms with E-state index in [1.165, 1.54) is 6.42 Å². The number of likely N-dealkylation sites (tertiary alicyclic amines) is 1. The van der Waals surface area contributed by atoms with Gasteiger partial charge in [0.2, 0.25) is 0 Å². The third kappa shape index (κ3) is 3.46. The number of piperidine rings is 1. The zero-order chi connectivity index (χ0) is 12.1. The molecule has 0 spiro atoms. The zero-order valence-corrected chi connectivity index (χ0v) is 10.7. The Morgan fingerprint density at radius 3 is 2.44 bits per heavy atom. The van der Waals surface area contributed by atoms with Gasteiger partial charge in [0.1, 0.15) is 0 Å². The number of hydrogen-bond donors (Lipinski definition) is 2. The molecule has 1 fully saturated rings. The fourth-order valence-corrected chi connectivity index (χ4v) is 2.81. The van der Waals surface area contributed by atoms with Crippen LogP contribution in [-0.4, -0.2) is 29.9 Å². The summed E-state index contributed by atoms with van der Waals surface area (Å²) in [5.74, 6) is 6.56. The second-order valence-corrected chi connectivity index (χ2v) is 5.21. The summed E-state index contributed by atoms with van der Waals surface area (Å²) in [5.41, 5.74) is 2.30. The van der Waals surface area contributed by atoms with E-state index in [1.807, 2.05) is 0 Å². The van der Waals surface area contributed by atoms with Crippen LogP contribution in [0, 0.1) is 11.8 Å². The molecule has 0 saturated carbocycles. The van der Waals surface area contributed by atoms with Gasteiger partial charge in [0.25, 0.3) is 5.91 Å². The second-order valence-electron chi connectivity index (χ2n) is 5.21. The summed E-state index contributed by atoms with van der Waals surface area (Å²) in [6.07, 6.45) is 3.17. The van der Waals surface area contributed by atoms with Gasteiger partial charge in [-0.2, -0.15) is 0 Å². The van der Waals surface area contributed by atoms with Gasteiger partial charge < -0.3 is 0 Å². The van der Waals surface area contributed by atoms with Gasteiger partial charge in [-0.05, 0) is 24.7 Å². The van der Waals surface area contributed by atoms with E-state index in [2.05, 4.69) is 31.1 Å². The third-order valence-corrected chi connectivity index (χ3v) is 3.34. The molecule has 0 aliphatic carbocycles. The Morgan fingerprint density at radius 1 is 1.44 bits per heavy atom. The molecule has 0 aromatic rings. The highest BCUT2D eigenvalue weighted by Crippen LogP contribution is 2.24. The molecule has 0 bridgehead atoms. The number of hydrogen-bond acceptors (Lipinski definition) is 3. The van der Waals surface area contributed by atoms with Crippen molar-refractivity contribution in [3.63, 3.8) is 0 Å². The highest BCUT2D eigenvalue weighted by Gasteiger charge is 2.30. The van der Waals surface area contributed by atoms with E-state index < -0.39 is 0 Å². The summed E-state index contributed by atoms with van der Waals surface area (Å²) >= 11 is 0. The third-order valence-electron chi connectivity index (χ3n) is 3.34. The van der Waals surface area contributed by atoms with E-state index in [0.717, 1.165) is 25.9 Å². The summed E-state index contributed by atoms with van der Waals surface area (Å²) in [4.78, 5) is 14.0. The van der Waals surface area contributed by atoms with E-state index >= 15 is 0 Å². The average molecular weight is 227 g/mol. The van der Waals surface area contributed by atoms with Crippen LogP contribution in [0.5, 0.6) is 0 Å². The molecule has 0 unspecified atom stereocenters. The molecule has 0 aromatic carbocycles. The topological polar surface area (TPSA) is 58.4 Å². The summed E-state index contributed by atoms with van der Waals surface area (Å²) in [6, 6.07) is -0.0415. The Kier molecular flexibility index (Phi) is 5.22. The quantitative estimate of drug-likeness (QED) is 0.430. The number of carbonyl (C=O) groups is 1. The Balaban J connectivity index is 2.65. The molecule has 16 heavy (non-hydrogen) atoms. The minimum atomic E-state index is -0.0415. The van der Waals surface area contributed by atoms with Crippen LogP contribution < -0.4 is 11.3 Å². The molecule has 1 aliphatic rings. The number of rotatable bonds is 4. The van der Waals surface area contributed by atoms with Gasteiger partial charge in [-0.15, -0.1) is 0 Å². The molecular weight excluding hydrogens is 202 g/mol. The molecule has 4 nitrogen and oxygen atoms in total. The van der Waals surface area contributed by atoms with Crippen LogP contribution in [0.4, 0.5) is 0 Å². The number of hydrazine groups is 1. The summed E-state index contributed by atoms with van der Waals surface area (Å²) in [7, 11) is 0. The van der Waals surface area contributed by atoms with Crippen LogP contribution >= 0.6 is 0 Å². The first-order valence-electron chi connectivity index (χ1n) is 6.33. The van der Waals surface area contributed by atoms with Crippen molar-refractivity contribution in [2.75, 3.05) is 13.1 Å². The molecular formula is C12H25N3O. The van der Waals surface area contributed by atoms with Crippen LogP contribution in [0.2, 0.25) is 0 Å². The van der Waals surface area contributed by atoms with E-state index in [0.29, 0.717) is 11.8 Å². The molecule has 1 rings (SSSR count). The van der Waals surface area contributed by atoms with Crippen molar-refractivity contribution in [3.8, 4) is 0 Å². The lowest BCUT2D eigenvalue weighted by molar-refractivity contribution is -0.128. The van der Waals surface area contributed by atoms with E-state index in [4.69, 9.17) is 5.84 Å². The molecule has 4 heteroatoms. The predicted octanol–water partition coefficient (Wildman–Crippen LogP) is 1.12. The van der Waals surface area contributed by atoms with Crippen molar-refractivity contribution in [2.24, 2.45) is 17.7 Å². The maximum absolute atomic E-state index is 11.7. The van der Waals surface area contributed by atoms with Gasteiger partial charge in [0.05, 0.1) is 6.04 Å².